The number of anilines is 1. The first-order chi connectivity index (χ1) is 8.85. The van der Waals surface area contributed by atoms with E-state index in [4.69, 9.17) is 21.4 Å². The van der Waals surface area contributed by atoms with Crippen LogP contribution in [0.5, 0.6) is 5.75 Å². The number of aromatic carboxylic acids is 1. The minimum atomic E-state index is -1.12. The highest BCUT2D eigenvalue weighted by molar-refractivity contribution is 6.33. The number of hydrogen-bond donors (Lipinski definition) is 2. The highest BCUT2D eigenvalue weighted by atomic mass is 35.5. The van der Waals surface area contributed by atoms with Gasteiger partial charge < -0.3 is 15.2 Å². The lowest BCUT2D eigenvalue weighted by Crippen LogP contribution is -2.15. The molecule has 2 N–H and O–H groups in total. The summed E-state index contributed by atoms with van der Waals surface area (Å²) in [5, 5.41) is 11.7. The van der Waals surface area contributed by atoms with Gasteiger partial charge in [0, 0.05) is 6.42 Å². The second kappa shape index (κ2) is 6.43. The predicted molar refractivity (Wildman–Crippen MR) is 73.0 cm³/mol. The van der Waals surface area contributed by atoms with Crippen LogP contribution in [0.4, 0.5) is 5.69 Å². The van der Waals surface area contributed by atoms with Crippen LogP contribution in [0.2, 0.25) is 5.02 Å². The summed E-state index contributed by atoms with van der Waals surface area (Å²) in [6, 6.07) is 2.60. The van der Waals surface area contributed by atoms with Crippen LogP contribution < -0.4 is 10.1 Å². The Hall–Kier alpha value is -1.75. The van der Waals surface area contributed by atoms with Crippen LogP contribution in [0.15, 0.2) is 12.1 Å². The number of rotatable bonds is 5. The smallest absolute Gasteiger partial charge is 0.335 e. The second-order valence-corrected chi connectivity index (χ2v) is 4.90. The molecule has 104 valence electrons. The number of carboxylic acids is 1. The average Bonchev–Trinajstić information content (AvgIpc) is 2.27. The van der Waals surface area contributed by atoms with Crippen LogP contribution in [-0.2, 0) is 4.79 Å². The molecule has 0 aliphatic heterocycles. The molecule has 0 unspecified atom stereocenters. The van der Waals surface area contributed by atoms with Crippen molar-refractivity contribution < 1.29 is 19.4 Å². The molecule has 0 aliphatic carbocycles. The van der Waals surface area contributed by atoms with E-state index in [0.29, 0.717) is 6.42 Å². The molecule has 1 rings (SSSR count). The summed E-state index contributed by atoms with van der Waals surface area (Å²) in [7, 11) is 1.40. The van der Waals surface area contributed by atoms with Crippen molar-refractivity contribution in [3.8, 4) is 5.75 Å². The number of carbonyl (C=O) groups is 2. The zero-order valence-corrected chi connectivity index (χ0v) is 11.7. The minimum Gasteiger partial charge on any atom is -0.493 e. The molecule has 0 saturated carbocycles. The lowest BCUT2D eigenvalue weighted by atomic mass is 10.1. The van der Waals surface area contributed by atoms with E-state index in [1.807, 2.05) is 13.8 Å². The maximum absolute atomic E-state index is 11.7. The third-order valence-corrected chi connectivity index (χ3v) is 2.64. The Labute approximate surface area is 116 Å². The van der Waals surface area contributed by atoms with E-state index in [2.05, 4.69) is 5.32 Å². The molecule has 0 aliphatic rings. The van der Waals surface area contributed by atoms with Crippen molar-refractivity contribution >= 4 is 29.2 Å². The van der Waals surface area contributed by atoms with E-state index in [1.165, 1.54) is 19.2 Å². The quantitative estimate of drug-likeness (QED) is 0.872. The number of halogens is 1. The Morgan fingerprint density at radius 1 is 1.42 bits per heavy atom. The fourth-order valence-corrected chi connectivity index (χ4v) is 1.89. The average molecular weight is 286 g/mol. The molecule has 19 heavy (non-hydrogen) atoms. The molecule has 0 heterocycles. The van der Waals surface area contributed by atoms with Gasteiger partial charge in [0.1, 0.15) is 0 Å². The maximum atomic E-state index is 11.7. The molecular weight excluding hydrogens is 270 g/mol. The summed E-state index contributed by atoms with van der Waals surface area (Å²) in [4.78, 5) is 22.7. The zero-order chi connectivity index (χ0) is 14.6. The van der Waals surface area contributed by atoms with Crippen molar-refractivity contribution in [3.63, 3.8) is 0 Å². The Balaban J connectivity index is 3.09. The van der Waals surface area contributed by atoms with Gasteiger partial charge >= 0.3 is 5.97 Å². The van der Waals surface area contributed by atoms with Gasteiger partial charge in [-0.05, 0) is 18.1 Å². The van der Waals surface area contributed by atoms with Crippen molar-refractivity contribution in [2.24, 2.45) is 5.92 Å². The van der Waals surface area contributed by atoms with Crippen LogP contribution in [0.3, 0.4) is 0 Å². The first-order valence-electron chi connectivity index (χ1n) is 5.75. The van der Waals surface area contributed by atoms with Crippen LogP contribution in [0.1, 0.15) is 30.6 Å². The fraction of sp³-hybridized carbons (Fsp3) is 0.385. The molecule has 1 aromatic carbocycles. The lowest BCUT2D eigenvalue weighted by Gasteiger charge is -2.13. The molecule has 0 aromatic heterocycles. The van der Waals surface area contributed by atoms with Crippen molar-refractivity contribution in [3.05, 3.63) is 22.7 Å². The summed E-state index contributed by atoms with van der Waals surface area (Å²) in [5.74, 6) is -0.885. The number of benzene rings is 1. The standard InChI is InChI=1S/C13H16ClNO4/c1-7(2)4-11(16)15-10-6-8(13(17)18)5-9(14)12(10)19-3/h5-7H,4H2,1-3H3,(H,15,16)(H,17,18). The van der Waals surface area contributed by atoms with E-state index in [1.54, 1.807) is 0 Å². The minimum absolute atomic E-state index is 0.00866. The zero-order valence-electron chi connectivity index (χ0n) is 11.0. The highest BCUT2D eigenvalue weighted by Crippen LogP contribution is 2.34. The number of ether oxygens (including phenoxy) is 1. The van der Waals surface area contributed by atoms with Gasteiger partial charge in [0.05, 0.1) is 23.4 Å². The molecule has 0 radical (unpaired) electrons. The fourth-order valence-electron chi connectivity index (χ4n) is 1.59. The van der Waals surface area contributed by atoms with Gasteiger partial charge in [-0.25, -0.2) is 4.79 Å². The molecule has 5 nitrogen and oxygen atoms in total. The van der Waals surface area contributed by atoms with Crippen molar-refractivity contribution in [1.82, 2.24) is 0 Å². The van der Waals surface area contributed by atoms with Gasteiger partial charge in [-0.15, -0.1) is 0 Å². The van der Waals surface area contributed by atoms with Crippen molar-refractivity contribution in [2.75, 3.05) is 12.4 Å². The normalized spacial score (nSPS) is 10.4. The Kier molecular flexibility index (Phi) is 5.18. The van der Waals surface area contributed by atoms with Crippen LogP contribution >= 0.6 is 11.6 Å². The van der Waals surface area contributed by atoms with Gasteiger partial charge in [0.2, 0.25) is 5.91 Å². The van der Waals surface area contributed by atoms with Gasteiger partial charge in [-0.3, -0.25) is 4.79 Å². The number of methoxy groups -OCH3 is 1. The topological polar surface area (TPSA) is 75.6 Å². The summed E-state index contributed by atoms with van der Waals surface area (Å²) >= 11 is 5.93. The third-order valence-electron chi connectivity index (χ3n) is 2.36. The van der Waals surface area contributed by atoms with Crippen LogP contribution in [0, 0.1) is 5.92 Å². The molecular formula is C13H16ClNO4. The number of amides is 1. The maximum Gasteiger partial charge on any atom is 0.335 e. The van der Waals surface area contributed by atoms with E-state index >= 15 is 0 Å². The largest absolute Gasteiger partial charge is 0.493 e. The lowest BCUT2D eigenvalue weighted by molar-refractivity contribution is -0.116. The highest BCUT2D eigenvalue weighted by Gasteiger charge is 2.16. The first-order valence-corrected chi connectivity index (χ1v) is 6.13. The summed E-state index contributed by atoms with van der Waals surface area (Å²) < 4.78 is 5.08. The Morgan fingerprint density at radius 2 is 2.05 bits per heavy atom. The Morgan fingerprint density at radius 3 is 2.53 bits per heavy atom. The summed E-state index contributed by atoms with van der Waals surface area (Å²) in [6.07, 6.45) is 0.331. The summed E-state index contributed by atoms with van der Waals surface area (Å²) in [5.41, 5.74) is 0.253. The van der Waals surface area contributed by atoms with Gasteiger partial charge in [0.25, 0.3) is 0 Å². The second-order valence-electron chi connectivity index (χ2n) is 4.49. The van der Waals surface area contributed by atoms with E-state index in [9.17, 15) is 9.59 Å². The number of carboxylic acid groups (broad SMARTS) is 1. The van der Waals surface area contributed by atoms with E-state index in [-0.39, 0.29) is 33.8 Å². The van der Waals surface area contributed by atoms with E-state index in [0.717, 1.165) is 0 Å². The SMILES string of the molecule is COc1c(Cl)cc(C(=O)O)cc1NC(=O)CC(C)C. The van der Waals surface area contributed by atoms with Crippen LogP contribution in [-0.4, -0.2) is 24.1 Å². The van der Waals surface area contributed by atoms with Crippen molar-refractivity contribution in [1.29, 1.82) is 0 Å². The molecule has 1 amide bonds. The van der Waals surface area contributed by atoms with Crippen molar-refractivity contribution in [2.45, 2.75) is 20.3 Å². The van der Waals surface area contributed by atoms with Gasteiger partial charge in [-0.1, -0.05) is 25.4 Å². The number of carbonyl (C=O) groups excluding carboxylic acids is 1. The molecule has 1 aromatic rings. The predicted octanol–water partition coefficient (Wildman–Crippen LogP) is 3.03. The third kappa shape index (κ3) is 4.13. The monoisotopic (exact) mass is 285 g/mol. The number of hydrogen-bond acceptors (Lipinski definition) is 3. The molecule has 0 bridgehead atoms. The molecule has 0 fully saturated rings. The van der Waals surface area contributed by atoms with E-state index < -0.39 is 5.97 Å². The molecule has 0 spiro atoms. The Bertz CT molecular complexity index is 500. The molecule has 0 saturated heterocycles. The van der Waals surface area contributed by atoms with Gasteiger partial charge in [-0.2, -0.15) is 0 Å². The summed E-state index contributed by atoms with van der Waals surface area (Å²) in [6.45, 7) is 3.83. The number of nitrogens with one attached hydrogen (secondary N) is 1. The van der Waals surface area contributed by atoms with Crippen LogP contribution in [0.25, 0.3) is 0 Å². The van der Waals surface area contributed by atoms with Gasteiger partial charge in [0.15, 0.2) is 5.75 Å². The molecule has 0 atom stereocenters. The first kappa shape index (κ1) is 15.3. The molecule has 6 heteroatoms.